The van der Waals surface area contributed by atoms with Crippen LogP contribution in [0.1, 0.15) is 31.4 Å². The summed E-state index contributed by atoms with van der Waals surface area (Å²) < 4.78 is 10.0. The molecule has 0 saturated carbocycles. The zero-order chi connectivity index (χ0) is 13.7. The SMILES string of the molecule is CCOC(=O)[C@H](O)[C@@H](NC(C)=O)c1ccc(C)o1. The number of nitrogens with one attached hydrogen (secondary N) is 1. The molecule has 0 radical (unpaired) electrons. The van der Waals surface area contributed by atoms with Crippen LogP contribution in [0.3, 0.4) is 0 Å². The number of carbonyl (C=O) groups is 2. The molecule has 0 aliphatic heterocycles. The number of aryl methyl sites for hydroxylation is 1. The maximum atomic E-state index is 11.5. The Balaban J connectivity index is 2.90. The minimum atomic E-state index is -1.50. The summed E-state index contributed by atoms with van der Waals surface area (Å²) in [6.07, 6.45) is -1.50. The third-order valence-corrected chi connectivity index (χ3v) is 2.27. The zero-order valence-electron chi connectivity index (χ0n) is 10.6. The van der Waals surface area contributed by atoms with Crippen molar-refractivity contribution in [3.63, 3.8) is 0 Å². The van der Waals surface area contributed by atoms with Crippen LogP contribution in [0.2, 0.25) is 0 Å². The number of hydrogen-bond acceptors (Lipinski definition) is 5. The van der Waals surface area contributed by atoms with Gasteiger partial charge in [0.05, 0.1) is 6.61 Å². The number of rotatable bonds is 5. The zero-order valence-corrected chi connectivity index (χ0v) is 10.6. The lowest BCUT2D eigenvalue weighted by Crippen LogP contribution is -2.40. The first kappa shape index (κ1) is 14.2. The van der Waals surface area contributed by atoms with Crippen molar-refractivity contribution < 1.29 is 23.8 Å². The molecule has 2 N–H and O–H groups in total. The summed E-state index contributed by atoms with van der Waals surface area (Å²) in [5.41, 5.74) is 0. The second-order valence-corrected chi connectivity index (χ2v) is 3.82. The quantitative estimate of drug-likeness (QED) is 0.756. The van der Waals surface area contributed by atoms with Gasteiger partial charge in [-0.1, -0.05) is 0 Å². The fraction of sp³-hybridized carbons (Fsp3) is 0.500. The van der Waals surface area contributed by atoms with Crippen LogP contribution in [-0.4, -0.2) is 29.7 Å². The van der Waals surface area contributed by atoms with Crippen molar-refractivity contribution in [3.05, 3.63) is 23.7 Å². The Bertz CT molecular complexity index is 426. The molecule has 1 aromatic rings. The van der Waals surface area contributed by atoms with Gasteiger partial charge in [0.15, 0.2) is 6.10 Å². The normalized spacial score (nSPS) is 13.8. The Morgan fingerprint density at radius 1 is 1.50 bits per heavy atom. The second-order valence-electron chi connectivity index (χ2n) is 3.82. The first-order chi connectivity index (χ1) is 8.45. The molecule has 1 rings (SSSR count). The standard InChI is InChI=1S/C12H17NO5/c1-4-17-12(16)11(15)10(13-8(3)14)9-6-5-7(2)18-9/h5-6,10-11,15H,4H2,1-3H3,(H,13,14)/t10-,11+/m0/s1. The monoisotopic (exact) mass is 255 g/mol. The summed E-state index contributed by atoms with van der Waals surface area (Å²) >= 11 is 0. The summed E-state index contributed by atoms with van der Waals surface area (Å²) in [6, 6.07) is 2.33. The molecule has 1 heterocycles. The first-order valence-corrected chi connectivity index (χ1v) is 5.63. The van der Waals surface area contributed by atoms with E-state index in [2.05, 4.69) is 5.32 Å². The number of ether oxygens (including phenoxy) is 1. The van der Waals surface area contributed by atoms with Gasteiger partial charge in [-0.2, -0.15) is 0 Å². The molecule has 1 aromatic heterocycles. The van der Waals surface area contributed by atoms with Gasteiger partial charge in [-0.3, -0.25) is 4.79 Å². The average molecular weight is 255 g/mol. The highest BCUT2D eigenvalue weighted by molar-refractivity contribution is 5.78. The highest BCUT2D eigenvalue weighted by Gasteiger charge is 2.31. The Labute approximate surface area is 105 Å². The molecule has 0 bridgehead atoms. The lowest BCUT2D eigenvalue weighted by molar-refractivity contribution is -0.155. The lowest BCUT2D eigenvalue weighted by atomic mass is 10.1. The van der Waals surface area contributed by atoms with Crippen LogP contribution in [-0.2, 0) is 14.3 Å². The van der Waals surface area contributed by atoms with E-state index in [9.17, 15) is 14.7 Å². The van der Waals surface area contributed by atoms with Gasteiger partial charge in [0, 0.05) is 6.92 Å². The molecule has 0 aliphatic carbocycles. The summed E-state index contributed by atoms with van der Waals surface area (Å²) in [6.45, 7) is 4.81. The molecule has 0 aromatic carbocycles. The summed E-state index contributed by atoms with van der Waals surface area (Å²) in [7, 11) is 0. The largest absolute Gasteiger partial charge is 0.464 e. The number of carbonyl (C=O) groups excluding carboxylic acids is 2. The van der Waals surface area contributed by atoms with E-state index in [1.54, 1.807) is 26.0 Å². The van der Waals surface area contributed by atoms with E-state index in [0.717, 1.165) is 0 Å². The summed E-state index contributed by atoms with van der Waals surface area (Å²) in [5, 5.41) is 12.3. The van der Waals surface area contributed by atoms with Crippen LogP contribution < -0.4 is 5.32 Å². The predicted octanol–water partition coefficient (Wildman–Crippen LogP) is 0.689. The average Bonchev–Trinajstić information content (AvgIpc) is 2.71. The minimum absolute atomic E-state index is 0.153. The van der Waals surface area contributed by atoms with Gasteiger partial charge < -0.3 is 19.6 Å². The third kappa shape index (κ3) is 3.59. The Hall–Kier alpha value is -1.82. The van der Waals surface area contributed by atoms with Crippen LogP contribution in [0.25, 0.3) is 0 Å². The van der Waals surface area contributed by atoms with Gasteiger partial charge >= 0.3 is 5.97 Å². The molecule has 1 amide bonds. The Morgan fingerprint density at radius 2 is 2.17 bits per heavy atom. The topological polar surface area (TPSA) is 88.8 Å². The van der Waals surface area contributed by atoms with E-state index >= 15 is 0 Å². The molecule has 0 spiro atoms. The van der Waals surface area contributed by atoms with Crippen molar-refractivity contribution in [1.82, 2.24) is 5.32 Å². The molecule has 18 heavy (non-hydrogen) atoms. The number of aliphatic hydroxyl groups is 1. The highest BCUT2D eigenvalue weighted by atomic mass is 16.5. The lowest BCUT2D eigenvalue weighted by Gasteiger charge is -2.20. The van der Waals surface area contributed by atoms with Gasteiger partial charge in [-0.25, -0.2) is 4.79 Å². The number of hydrogen-bond donors (Lipinski definition) is 2. The van der Waals surface area contributed by atoms with Gasteiger partial charge in [0.2, 0.25) is 5.91 Å². The van der Waals surface area contributed by atoms with Gasteiger partial charge in [-0.05, 0) is 26.0 Å². The molecule has 0 unspecified atom stereocenters. The van der Waals surface area contributed by atoms with Crippen LogP contribution in [0.15, 0.2) is 16.5 Å². The second kappa shape index (κ2) is 6.20. The minimum Gasteiger partial charge on any atom is -0.464 e. The van der Waals surface area contributed by atoms with Crippen molar-refractivity contribution in [3.8, 4) is 0 Å². The molecule has 2 atom stereocenters. The Kier molecular flexibility index (Phi) is 4.91. The number of furan rings is 1. The van der Waals surface area contributed by atoms with Crippen molar-refractivity contribution in [2.75, 3.05) is 6.61 Å². The maximum Gasteiger partial charge on any atom is 0.337 e. The molecule has 100 valence electrons. The molecule has 6 nitrogen and oxygen atoms in total. The van der Waals surface area contributed by atoms with Crippen LogP contribution in [0.4, 0.5) is 0 Å². The maximum absolute atomic E-state index is 11.5. The number of aliphatic hydroxyl groups excluding tert-OH is 1. The van der Waals surface area contributed by atoms with Crippen molar-refractivity contribution in [1.29, 1.82) is 0 Å². The van der Waals surface area contributed by atoms with E-state index in [1.165, 1.54) is 6.92 Å². The van der Waals surface area contributed by atoms with Crippen molar-refractivity contribution in [2.45, 2.75) is 32.9 Å². The third-order valence-electron chi connectivity index (χ3n) is 2.27. The van der Waals surface area contributed by atoms with Crippen LogP contribution >= 0.6 is 0 Å². The fourth-order valence-electron chi connectivity index (χ4n) is 1.51. The van der Waals surface area contributed by atoms with Gasteiger partial charge in [-0.15, -0.1) is 0 Å². The van der Waals surface area contributed by atoms with Crippen LogP contribution in [0, 0.1) is 6.92 Å². The van der Waals surface area contributed by atoms with E-state index < -0.39 is 18.1 Å². The van der Waals surface area contributed by atoms with E-state index in [1.807, 2.05) is 0 Å². The summed E-state index contributed by atoms with van der Waals surface area (Å²) in [5.74, 6) is -0.248. The Morgan fingerprint density at radius 3 is 2.61 bits per heavy atom. The molecule has 0 aliphatic rings. The molecule has 0 saturated heterocycles. The first-order valence-electron chi connectivity index (χ1n) is 5.63. The molecule has 6 heteroatoms. The number of amides is 1. The smallest absolute Gasteiger partial charge is 0.337 e. The van der Waals surface area contributed by atoms with E-state index in [-0.39, 0.29) is 12.5 Å². The van der Waals surface area contributed by atoms with E-state index in [0.29, 0.717) is 11.5 Å². The molecular weight excluding hydrogens is 238 g/mol. The highest BCUT2D eigenvalue weighted by Crippen LogP contribution is 2.20. The van der Waals surface area contributed by atoms with Crippen molar-refractivity contribution >= 4 is 11.9 Å². The van der Waals surface area contributed by atoms with E-state index in [4.69, 9.17) is 9.15 Å². The van der Waals surface area contributed by atoms with Crippen molar-refractivity contribution in [2.24, 2.45) is 0 Å². The molecule has 0 fully saturated rings. The van der Waals surface area contributed by atoms with Gasteiger partial charge in [0.1, 0.15) is 17.6 Å². The van der Waals surface area contributed by atoms with Gasteiger partial charge in [0.25, 0.3) is 0 Å². The number of esters is 1. The fourth-order valence-corrected chi connectivity index (χ4v) is 1.51. The predicted molar refractivity (Wildman–Crippen MR) is 62.6 cm³/mol. The van der Waals surface area contributed by atoms with Crippen LogP contribution in [0.5, 0.6) is 0 Å². The molecular formula is C12H17NO5. The summed E-state index contributed by atoms with van der Waals surface area (Å²) in [4.78, 5) is 22.6.